The summed E-state index contributed by atoms with van der Waals surface area (Å²) >= 11 is 0. The topological polar surface area (TPSA) is 58.6 Å². The lowest BCUT2D eigenvalue weighted by molar-refractivity contribution is -0.149. The van der Waals surface area contributed by atoms with E-state index in [1.54, 1.807) is 0 Å². The highest BCUT2D eigenvalue weighted by Crippen LogP contribution is 2.21. The summed E-state index contributed by atoms with van der Waals surface area (Å²) in [5.41, 5.74) is 3.17. The van der Waals surface area contributed by atoms with E-state index in [1.165, 1.54) is 5.56 Å². The van der Waals surface area contributed by atoms with Gasteiger partial charge >= 0.3 is 5.97 Å². The predicted octanol–water partition coefficient (Wildman–Crippen LogP) is 3.49. The van der Waals surface area contributed by atoms with E-state index in [0.29, 0.717) is 13.2 Å². The summed E-state index contributed by atoms with van der Waals surface area (Å²) in [7, 11) is 0. The Morgan fingerprint density at radius 3 is 2.43 bits per heavy atom. The third kappa shape index (κ3) is 5.67. The van der Waals surface area contributed by atoms with Gasteiger partial charge in [0, 0.05) is 5.69 Å². The molecule has 148 valence electrons. The minimum absolute atomic E-state index is 0.0184. The van der Waals surface area contributed by atoms with E-state index in [-0.39, 0.29) is 17.8 Å². The first-order valence-electron chi connectivity index (χ1n) is 9.96. The highest BCUT2D eigenvalue weighted by molar-refractivity contribution is 5.93. The maximum atomic E-state index is 12.6. The molecule has 0 unspecified atom stereocenters. The lowest BCUT2D eigenvalue weighted by Gasteiger charge is -2.30. The third-order valence-corrected chi connectivity index (χ3v) is 5.10. The number of ether oxygens (including phenoxy) is 1. The molecule has 2 aromatic rings. The molecule has 1 amide bonds. The number of likely N-dealkylation sites (tertiary alicyclic amines) is 1. The van der Waals surface area contributed by atoms with Crippen molar-refractivity contribution in [2.24, 2.45) is 5.92 Å². The SMILES string of the molecule is CCOC(=O)C1CCN(CC(=O)Nc2ccccc2Cc2ccccc2)CC1. The van der Waals surface area contributed by atoms with Crippen LogP contribution in [0.15, 0.2) is 54.6 Å². The molecule has 1 heterocycles. The van der Waals surface area contributed by atoms with Crippen molar-refractivity contribution in [3.05, 3.63) is 65.7 Å². The van der Waals surface area contributed by atoms with Crippen LogP contribution in [-0.2, 0) is 20.7 Å². The Bertz CT molecular complexity index is 783. The normalized spacial score (nSPS) is 15.2. The Morgan fingerprint density at radius 1 is 1.04 bits per heavy atom. The van der Waals surface area contributed by atoms with E-state index in [4.69, 9.17) is 4.74 Å². The summed E-state index contributed by atoms with van der Waals surface area (Å²) in [6.07, 6.45) is 2.27. The Kier molecular flexibility index (Phi) is 7.20. The minimum Gasteiger partial charge on any atom is -0.466 e. The molecule has 5 heteroatoms. The number of hydrogen-bond acceptors (Lipinski definition) is 4. The van der Waals surface area contributed by atoms with E-state index in [1.807, 2.05) is 49.4 Å². The second kappa shape index (κ2) is 10.0. The fourth-order valence-corrected chi connectivity index (χ4v) is 3.59. The van der Waals surface area contributed by atoms with Crippen molar-refractivity contribution in [3.8, 4) is 0 Å². The lowest BCUT2D eigenvalue weighted by Crippen LogP contribution is -2.41. The molecule has 1 aliphatic heterocycles. The first-order chi connectivity index (χ1) is 13.7. The van der Waals surface area contributed by atoms with Crippen LogP contribution >= 0.6 is 0 Å². The van der Waals surface area contributed by atoms with Crippen LogP contribution in [-0.4, -0.2) is 43.0 Å². The monoisotopic (exact) mass is 380 g/mol. The molecule has 3 rings (SSSR count). The van der Waals surface area contributed by atoms with Gasteiger partial charge in [0.15, 0.2) is 0 Å². The Morgan fingerprint density at radius 2 is 1.71 bits per heavy atom. The molecule has 0 saturated carbocycles. The van der Waals surface area contributed by atoms with Gasteiger partial charge in [-0.3, -0.25) is 14.5 Å². The highest BCUT2D eigenvalue weighted by Gasteiger charge is 2.26. The molecule has 1 saturated heterocycles. The fourth-order valence-electron chi connectivity index (χ4n) is 3.59. The van der Waals surface area contributed by atoms with Crippen molar-refractivity contribution in [1.29, 1.82) is 0 Å². The van der Waals surface area contributed by atoms with Gasteiger partial charge in [-0.05, 0) is 56.5 Å². The number of piperidine rings is 1. The van der Waals surface area contributed by atoms with E-state index in [0.717, 1.165) is 43.6 Å². The number of rotatable bonds is 7. The molecule has 1 aliphatic rings. The quantitative estimate of drug-likeness (QED) is 0.747. The second-order valence-corrected chi connectivity index (χ2v) is 7.17. The zero-order chi connectivity index (χ0) is 19.8. The number of carbonyl (C=O) groups excluding carboxylic acids is 2. The number of para-hydroxylation sites is 1. The summed E-state index contributed by atoms with van der Waals surface area (Å²) in [6, 6.07) is 18.2. The second-order valence-electron chi connectivity index (χ2n) is 7.17. The van der Waals surface area contributed by atoms with Crippen molar-refractivity contribution in [2.45, 2.75) is 26.2 Å². The first kappa shape index (κ1) is 20.1. The first-order valence-corrected chi connectivity index (χ1v) is 9.96. The number of nitrogens with one attached hydrogen (secondary N) is 1. The summed E-state index contributed by atoms with van der Waals surface area (Å²) in [5.74, 6) is -0.164. The van der Waals surface area contributed by atoms with E-state index < -0.39 is 0 Å². The summed E-state index contributed by atoms with van der Waals surface area (Å²) in [4.78, 5) is 26.5. The van der Waals surface area contributed by atoms with Crippen molar-refractivity contribution >= 4 is 17.6 Å². The van der Waals surface area contributed by atoms with Gasteiger partial charge in [0.05, 0.1) is 19.1 Å². The maximum Gasteiger partial charge on any atom is 0.309 e. The molecular weight excluding hydrogens is 352 g/mol. The molecule has 1 fully saturated rings. The smallest absolute Gasteiger partial charge is 0.309 e. The van der Waals surface area contributed by atoms with Crippen molar-refractivity contribution in [3.63, 3.8) is 0 Å². The number of anilines is 1. The molecule has 1 N–H and O–H groups in total. The predicted molar refractivity (Wildman–Crippen MR) is 110 cm³/mol. The van der Waals surface area contributed by atoms with Gasteiger partial charge in [-0.25, -0.2) is 0 Å². The number of carbonyl (C=O) groups is 2. The zero-order valence-corrected chi connectivity index (χ0v) is 16.4. The average Bonchev–Trinajstić information content (AvgIpc) is 2.71. The van der Waals surface area contributed by atoms with Crippen LogP contribution in [0.5, 0.6) is 0 Å². The highest BCUT2D eigenvalue weighted by atomic mass is 16.5. The Hall–Kier alpha value is -2.66. The van der Waals surface area contributed by atoms with Crippen LogP contribution in [0.25, 0.3) is 0 Å². The number of esters is 1. The van der Waals surface area contributed by atoms with Gasteiger partial charge in [0.2, 0.25) is 5.91 Å². The van der Waals surface area contributed by atoms with Crippen molar-refractivity contribution < 1.29 is 14.3 Å². The molecule has 0 aromatic heterocycles. The molecule has 0 atom stereocenters. The van der Waals surface area contributed by atoms with Crippen LogP contribution in [0.2, 0.25) is 0 Å². The molecule has 2 aromatic carbocycles. The van der Waals surface area contributed by atoms with E-state index >= 15 is 0 Å². The summed E-state index contributed by atoms with van der Waals surface area (Å²) in [6.45, 7) is 4.07. The van der Waals surface area contributed by atoms with Gasteiger partial charge < -0.3 is 10.1 Å². The lowest BCUT2D eigenvalue weighted by atomic mass is 9.97. The maximum absolute atomic E-state index is 12.6. The Labute approximate surface area is 166 Å². The van der Waals surface area contributed by atoms with Crippen LogP contribution in [0.1, 0.15) is 30.9 Å². The molecule has 0 aliphatic carbocycles. The third-order valence-electron chi connectivity index (χ3n) is 5.10. The van der Waals surface area contributed by atoms with E-state index in [9.17, 15) is 9.59 Å². The standard InChI is InChI=1S/C23H28N2O3/c1-2-28-23(27)19-12-14-25(15-13-19)17-22(26)24-21-11-7-6-10-20(21)16-18-8-4-3-5-9-18/h3-11,19H,2,12-17H2,1H3,(H,24,26). The molecular formula is C23H28N2O3. The number of benzene rings is 2. The molecule has 28 heavy (non-hydrogen) atoms. The van der Waals surface area contributed by atoms with Gasteiger partial charge in [-0.15, -0.1) is 0 Å². The van der Waals surface area contributed by atoms with Crippen LogP contribution in [0, 0.1) is 5.92 Å². The van der Waals surface area contributed by atoms with Crippen LogP contribution in [0.4, 0.5) is 5.69 Å². The molecule has 0 radical (unpaired) electrons. The fraction of sp³-hybridized carbons (Fsp3) is 0.391. The van der Waals surface area contributed by atoms with Gasteiger partial charge in [-0.2, -0.15) is 0 Å². The molecule has 5 nitrogen and oxygen atoms in total. The van der Waals surface area contributed by atoms with Crippen molar-refractivity contribution in [2.75, 3.05) is 31.6 Å². The summed E-state index contributed by atoms with van der Waals surface area (Å²) < 4.78 is 5.10. The number of amides is 1. The zero-order valence-electron chi connectivity index (χ0n) is 16.4. The van der Waals surface area contributed by atoms with Gasteiger partial charge in [0.1, 0.15) is 0 Å². The summed E-state index contributed by atoms with van der Waals surface area (Å²) in [5, 5.41) is 3.06. The van der Waals surface area contributed by atoms with Crippen LogP contribution < -0.4 is 5.32 Å². The Balaban J connectivity index is 1.52. The largest absolute Gasteiger partial charge is 0.466 e. The van der Waals surface area contributed by atoms with Gasteiger partial charge in [-0.1, -0.05) is 48.5 Å². The number of nitrogens with zero attached hydrogens (tertiary/aromatic N) is 1. The van der Waals surface area contributed by atoms with Crippen molar-refractivity contribution in [1.82, 2.24) is 4.90 Å². The van der Waals surface area contributed by atoms with Gasteiger partial charge in [0.25, 0.3) is 0 Å². The number of hydrogen-bond donors (Lipinski definition) is 1. The average molecular weight is 380 g/mol. The van der Waals surface area contributed by atoms with E-state index in [2.05, 4.69) is 22.3 Å². The van der Waals surface area contributed by atoms with Crippen LogP contribution in [0.3, 0.4) is 0 Å². The molecule has 0 bridgehead atoms. The molecule has 0 spiro atoms. The minimum atomic E-state index is -0.110.